The second kappa shape index (κ2) is 10.2. The average molecular weight is 636 g/mol. The van der Waals surface area contributed by atoms with Gasteiger partial charge in [0.25, 0.3) is 11.8 Å². The monoisotopic (exact) mass is 635 g/mol. The fourth-order valence-electron chi connectivity index (χ4n) is 4.13. The number of aryl methyl sites for hydroxylation is 1. The van der Waals surface area contributed by atoms with Crippen LogP contribution in [-0.2, 0) is 12.7 Å². The number of rotatable bonds is 6. The standard InChI is InChI=1S/C26H18BrF4N5O3S/c1-11-20(27)12(2)36(35-11)10-15-7-8-17(39-15)24(38)34-21-19-16(13-3-5-14(28)6-4-13)9-18(26(29,30)31)33-25(19)40-22(21)23(32)37/h3-9H,10H2,1-2H3,(H2,32,37)(H,34,38). The first-order valence-corrected chi connectivity index (χ1v) is 13.1. The van der Waals surface area contributed by atoms with Gasteiger partial charge >= 0.3 is 6.18 Å². The van der Waals surface area contributed by atoms with E-state index in [1.54, 1.807) is 10.7 Å². The summed E-state index contributed by atoms with van der Waals surface area (Å²) in [6, 6.07) is 8.52. The predicted molar refractivity (Wildman–Crippen MR) is 144 cm³/mol. The molecule has 40 heavy (non-hydrogen) atoms. The number of hydrogen-bond donors (Lipinski definition) is 2. The minimum absolute atomic E-state index is 0.0217. The smallest absolute Gasteiger partial charge is 0.433 e. The van der Waals surface area contributed by atoms with Crippen LogP contribution in [0.25, 0.3) is 21.3 Å². The highest BCUT2D eigenvalue weighted by atomic mass is 79.9. The van der Waals surface area contributed by atoms with Gasteiger partial charge in [-0.3, -0.25) is 14.3 Å². The number of nitrogens with one attached hydrogen (secondary N) is 1. The number of aromatic nitrogens is 3. The lowest BCUT2D eigenvalue weighted by Gasteiger charge is -2.12. The zero-order valence-electron chi connectivity index (χ0n) is 20.7. The molecule has 0 aliphatic rings. The fraction of sp³-hybridized carbons (Fsp3) is 0.154. The zero-order chi connectivity index (χ0) is 28.9. The second-order valence-electron chi connectivity index (χ2n) is 8.77. The molecule has 8 nitrogen and oxygen atoms in total. The number of anilines is 1. The molecule has 3 N–H and O–H groups in total. The Morgan fingerprint density at radius 3 is 2.45 bits per heavy atom. The third kappa shape index (κ3) is 5.11. The quantitative estimate of drug-likeness (QED) is 0.202. The van der Waals surface area contributed by atoms with Crippen molar-refractivity contribution in [1.82, 2.24) is 14.8 Å². The van der Waals surface area contributed by atoms with Gasteiger partial charge < -0.3 is 15.5 Å². The Kier molecular flexibility index (Phi) is 7.00. The molecule has 5 rings (SSSR count). The highest BCUT2D eigenvalue weighted by Crippen LogP contribution is 2.43. The molecule has 0 aliphatic heterocycles. The number of carbonyl (C=O) groups is 2. The summed E-state index contributed by atoms with van der Waals surface area (Å²) >= 11 is 4.06. The van der Waals surface area contributed by atoms with Crippen molar-refractivity contribution in [3.05, 3.63) is 86.2 Å². The zero-order valence-corrected chi connectivity index (χ0v) is 23.1. The van der Waals surface area contributed by atoms with Crippen LogP contribution in [0.15, 0.2) is 51.4 Å². The first kappa shape index (κ1) is 27.5. The summed E-state index contributed by atoms with van der Waals surface area (Å²) in [5.41, 5.74) is 6.00. The molecule has 0 bridgehead atoms. The molecule has 0 aliphatic carbocycles. The number of fused-ring (bicyclic) bond motifs is 1. The number of carbonyl (C=O) groups excluding carboxylic acids is 2. The molecule has 4 heterocycles. The molecule has 1 aromatic carbocycles. The molecule has 5 aromatic rings. The van der Waals surface area contributed by atoms with Crippen molar-refractivity contribution >= 4 is 55.0 Å². The Labute approximate surface area is 235 Å². The average Bonchev–Trinajstić information content (AvgIpc) is 3.57. The lowest BCUT2D eigenvalue weighted by atomic mass is 10.0. The van der Waals surface area contributed by atoms with Gasteiger partial charge in [0.05, 0.1) is 28.1 Å². The maximum atomic E-state index is 13.7. The maximum Gasteiger partial charge on any atom is 0.433 e. The van der Waals surface area contributed by atoms with E-state index in [2.05, 4.69) is 31.3 Å². The minimum Gasteiger partial charge on any atom is -0.454 e. The summed E-state index contributed by atoms with van der Waals surface area (Å²) in [6.07, 6.45) is -4.81. The molecule has 4 aromatic heterocycles. The highest BCUT2D eigenvalue weighted by molar-refractivity contribution is 9.10. The van der Waals surface area contributed by atoms with Crippen LogP contribution in [0.3, 0.4) is 0 Å². The van der Waals surface area contributed by atoms with Crippen molar-refractivity contribution < 1.29 is 31.6 Å². The van der Waals surface area contributed by atoms with Crippen LogP contribution in [0.2, 0.25) is 0 Å². The molecule has 0 fully saturated rings. The number of primary amides is 1. The van der Waals surface area contributed by atoms with Crippen LogP contribution in [0, 0.1) is 19.7 Å². The second-order valence-corrected chi connectivity index (χ2v) is 10.6. The number of nitrogens with zero attached hydrogens (tertiary/aromatic N) is 3. The van der Waals surface area contributed by atoms with Gasteiger partial charge in [-0.25, -0.2) is 9.37 Å². The number of nitrogens with two attached hydrogens (primary N) is 1. The number of amides is 2. The molecular formula is C26H18BrF4N5O3S. The molecule has 14 heteroatoms. The van der Waals surface area contributed by atoms with Crippen molar-refractivity contribution in [2.24, 2.45) is 5.73 Å². The number of alkyl halides is 3. The van der Waals surface area contributed by atoms with Gasteiger partial charge in [0, 0.05) is 5.39 Å². The van der Waals surface area contributed by atoms with E-state index in [0.29, 0.717) is 17.1 Å². The lowest BCUT2D eigenvalue weighted by Crippen LogP contribution is -2.16. The number of hydrogen-bond acceptors (Lipinski definition) is 6. The van der Waals surface area contributed by atoms with Gasteiger partial charge in [-0.05, 0) is 71.2 Å². The highest BCUT2D eigenvalue weighted by Gasteiger charge is 2.35. The first-order chi connectivity index (χ1) is 18.8. The normalized spacial score (nSPS) is 11.8. The van der Waals surface area contributed by atoms with Crippen molar-refractivity contribution in [3.63, 3.8) is 0 Å². The summed E-state index contributed by atoms with van der Waals surface area (Å²) in [5.74, 6) is -2.05. The Morgan fingerprint density at radius 2 is 1.85 bits per heavy atom. The van der Waals surface area contributed by atoms with Crippen LogP contribution >= 0.6 is 27.3 Å². The Hall–Kier alpha value is -4.04. The Balaban J connectivity index is 1.57. The van der Waals surface area contributed by atoms with E-state index >= 15 is 0 Å². The molecule has 0 unspecified atom stereocenters. The maximum absolute atomic E-state index is 13.7. The van der Waals surface area contributed by atoms with Crippen LogP contribution < -0.4 is 11.1 Å². The minimum atomic E-state index is -4.81. The van der Waals surface area contributed by atoms with Gasteiger partial charge in [0.2, 0.25) is 0 Å². The van der Waals surface area contributed by atoms with Crippen LogP contribution in [-0.4, -0.2) is 26.6 Å². The number of furan rings is 1. The van der Waals surface area contributed by atoms with Gasteiger partial charge in [-0.1, -0.05) is 12.1 Å². The molecule has 0 spiro atoms. The van der Waals surface area contributed by atoms with Gasteiger partial charge in [0.15, 0.2) is 5.76 Å². The van der Waals surface area contributed by atoms with Crippen molar-refractivity contribution in [2.45, 2.75) is 26.6 Å². The van der Waals surface area contributed by atoms with Gasteiger partial charge in [-0.2, -0.15) is 18.3 Å². The van der Waals surface area contributed by atoms with E-state index in [1.807, 2.05) is 13.8 Å². The van der Waals surface area contributed by atoms with E-state index in [1.165, 1.54) is 18.2 Å². The molecule has 0 saturated carbocycles. The Bertz CT molecular complexity index is 1790. The molecular weight excluding hydrogens is 618 g/mol. The topological polar surface area (TPSA) is 116 Å². The lowest BCUT2D eigenvalue weighted by molar-refractivity contribution is -0.140. The van der Waals surface area contributed by atoms with Crippen LogP contribution in [0.4, 0.5) is 23.2 Å². The van der Waals surface area contributed by atoms with E-state index in [0.717, 1.165) is 34.1 Å². The summed E-state index contributed by atoms with van der Waals surface area (Å²) < 4.78 is 62.9. The number of thiophene rings is 1. The van der Waals surface area contributed by atoms with E-state index < -0.39 is 29.5 Å². The SMILES string of the molecule is Cc1nn(Cc2ccc(C(=O)Nc3c(C(N)=O)sc4nc(C(F)(F)F)cc(-c5ccc(F)cc5)c34)o2)c(C)c1Br. The summed E-state index contributed by atoms with van der Waals surface area (Å²) in [6.45, 7) is 3.94. The predicted octanol–water partition coefficient (Wildman–Crippen LogP) is 6.69. The number of benzene rings is 1. The largest absolute Gasteiger partial charge is 0.454 e. The van der Waals surface area contributed by atoms with E-state index in [4.69, 9.17) is 10.2 Å². The van der Waals surface area contributed by atoms with Crippen LogP contribution in [0.1, 0.15) is 43.1 Å². The molecule has 206 valence electrons. The molecule has 0 saturated heterocycles. The Morgan fingerprint density at radius 1 is 1.15 bits per heavy atom. The van der Waals surface area contributed by atoms with Crippen molar-refractivity contribution in [3.8, 4) is 11.1 Å². The molecule has 0 radical (unpaired) electrons. The first-order valence-electron chi connectivity index (χ1n) is 11.5. The van der Waals surface area contributed by atoms with Crippen molar-refractivity contribution in [2.75, 3.05) is 5.32 Å². The fourth-order valence-corrected chi connectivity index (χ4v) is 5.42. The summed E-state index contributed by atoms with van der Waals surface area (Å²) in [4.78, 5) is 28.8. The van der Waals surface area contributed by atoms with Crippen LogP contribution in [0.5, 0.6) is 0 Å². The van der Waals surface area contributed by atoms with Crippen molar-refractivity contribution in [1.29, 1.82) is 0 Å². The van der Waals surface area contributed by atoms with Gasteiger partial charge in [0.1, 0.15) is 27.0 Å². The van der Waals surface area contributed by atoms with E-state index in [9.17, 15) is 27.2 Å². The summed E-state index contributed by atoms with van der Waals surface area (Å²) in [5, 5.41) is 7.01. The third-order valence-corrected chi connectivity index (χ3v) is 8.30. The third-order valence-electron chi connectivity index (χ3n) is 6.05. The van der Waals surface area contributed by atoms with E-state index in [-0.39, 0.29) is 44.2 Å². The van der Waals surface area contributed by atoms with Gasteiger partial charge in [-0.15, -0.1) is 11.3 Å². The molecule has 2 amide bonds. The number of pyridine rings is 1. The molecule has 0 atom stereocenters. The number of halogens is 5. The summed E-state index contributed by atoms with van der Waals surface area (Å²) in [7, 11) is 0.